The number of nitrogen functional groups attached to an aromatic ring is 2. The Morgan fingerprint density at radius 2 is 1.14 bits per heavy atom. The highest BCUT2D eigenvalue weighted by Crippen LogP contribution is 2.28. The average Bonchev–Trinajstić information content (AvgIpc) is 2.73. The van der Waals surface area contributed by atoms with E-state index in [9.17, 15) is 0 Å². The molecule has 1 unspecified atom stereocenters. The topological polar surface area (TPSA) is 52.0 Å². The average molecular weight is 367 g/mol. The molecule has 0 heterocycles. The summed E-state index contributed by atoms with van der Waals surface area (Å²) >= 11 is 0. The summed E-state index contributed by atoms with van der Waals surface area (Å²) in [5.41, 5.74) is 19.8. The molecule has 2 heteroatoms. The van der Waals surface area contributed by atoms with Gasteiger partial charge < -0.3 is 11.5 Å². The molecule has 0 saturated carbocycles. The Hall–Kier alpha value is -3.26. The zero-order valence-electron chi connectivity index (χ0n) is 16.0. The molecular formula is C26H26N2. The summed E-state index contributed by atoms with van der Waals surface area (Å²) in [7, 11) is 0. The largest absolute Gasteiger partial charge is 0.399 e. The van der Waals surface area contributed by atoms with Crippen molar-refractivity contribution >= 4 is 11.4 Å². The van der Waals surface area contributed by atoms with Crippen LogP contribution < -0.4 is 11.5 Å². The quantitative estimate of drug-likeness (QED) is 0.573. The minimum absolute atomic E-state index is 0.459. The highest BCUT2D eigenvalue weighted by atomic mass is 14.5. The first-order valence-corrected chi connectivity index (χ1v) is 9.80. The second kappa shape index (κ2) is 8.18. The van der Waals surface area contributed by atoms with Gasteiger partial charge >= 0.3 is 0 Å². The van der Waals surface area contributed by atoms with E-state index >= 15 is 0 Å². The summed E-state index contributed by atoms with van der Waals surface area (Å²) in [5.74, 6) is 0.459. The molecule has 140 valence electrons. The van der Waals surface area contributed by atoms with Crippen molar-refractivity contribution in [3.05, 3.63) is 119 Å². The summed E-state index contributed by atoms with van der Waals surface area (Å²) in [6.07, 6.45) is 9.92. The van der Waals surface area contributed by atoms with Crippen LogP contribution in [-0.2, 0) is 12.8 Å². The van der Waals surface area contributed by atoms with E-state index in [-0.39, 0.29) is 0 Å². The minimum Gasteiger partial charge on any atom is -0.399 e. The third-order valence-corrected chi connectivity index (χ3v) is 5.36. The normalized spacial score (nSPS) is 16.0. The van der Waals surface area contributed by atoms with Gasteiger partial charge in [-0.05, 0) is 71.4 Å². The first-order chi connectivity index (χ1) is 13.7. The van der Waals surface area contributed by atoms with Crippen molar-refractivity contribution in [1.29, 1.82) is 0 Å². The Labute approximate surface area is 167 Å². The summed E-state index contributed by atoms with van der Waals surface area (Å²) in [6.45, 7) is 0. The van der Waals surface area contributed by atoms with Crippen LogP contribution in [0.25, 0.3) is 0 Å². The van der Waals surface area contributed by atoms with Crippen LogP contribution in [0.5, 0.6) is 0 Å². The van der Waals surface area contributed by atoms with E-state index in [4.69, 9.17) is 11.5 Å². The van der Waals surface area contributed by atoms with Crippen molar-refractivity contribution < 1.29 is 0 Å². The van der Waals surface area contributed by atoms with Crippen LogP contribution >= 0.6 is 0 Å². The fourth-order valence-electron chi connectivity index (χ4n) is 3.67. The van der Waals surface area contributed by atoms with Gasteiger partial charge in [0.25, 0.3) is 0 Å². The number of anilines is 2. The Morgan fingerprint density at radius 1 is 0.643 bits per heavy atom. The van der Waals surface area contributed by atoms with Crippen LogP contribution in [0.15, 0.2) is 96.6 Å². The van der Waals surface area contributed by atoms with E-state index in [0.717, 1.165) is 30.6 Å². The van der Waals surface area contributed by atoms with Gasteiger partial charge in [0.05, 0.1) is 0 Å². The molecular weight excluding hydrogens is 340 g/mol. The molecule has 4 rings (SSSR count). The Bertz CT molecular complexity index is 978. The van der Waals surface area contributed by atoms with Crippen LogP contribution in [0.2, 0.25) is 0 Å². The van der Waals surface area contributed by atoms with E-state index in [1.54, 1.807) is 0 Å². The standard InChI is InChI=1S/C26H26N2/c27-25-13-5-21(6-14-25)17-19-1-9-23(10-2-19)24-11-3-20(4-12-24)18-22-7-15-26(28)16-8-22/h1-11,13-16,24H,12,17-18,27-28H2. The predicted octanol–water partition coefficient (Wildman–Crippen LogP) is 5.65. The number of hydrogen-bond acceptors (Lipinski definition) is 2. The van der Waals surface area contributed by atoms with Crippen molar-refractivity contribution in [3.8, 4) is 0 Å². The Balaban J connectivity index is 1.36. The highest BCUT2D eigenvalue weighted by molar-refractivity contribution is 5.43. The molecule has 0 bridgehead atoms. The maximum absolute atomic E-state index is 5.77. The van der Waals surface area contributed by atoms with Gasteiger partial charge in [0.2, 0.25) is 0 Å². The second-order valence-corrected chi connectivity index (χ2v) is 7.56. The lowest BCUT2D eigenvalue weighted by molar-refractivity contribution is 0.838. The zero-order chi connectivity index (χ0) is 19.3. The van der Waals surface area contributed by atoms with E-state index in [1.807, 2.05) is 24.3 Å². The summed E-state index contributed by atoms with van der Waals surface area (Å²) in [4.78, 5) is 0. The zero-order valence-corrected chi connectivity index (χ0v) is 16.0. The van der Waals surface area contributed by atoms with Crippen LogP contribution in [0, 0.1) is 0 Å². The molecule has 0 amide bonds. The smallest absolute Gasteiger partial charge is 0.0314 e. The second-order valence-electron chi connectivity index (χ2n) is 7.56. The van der Waals surface area contributed by atoms with Gasteiger partial charge in [-0.2, -0.15) is 0 Å². The molecule has 4 N–H and O–H groups in total. The number of benzene rings is 3. The molecule has 1 aliphatic rings. The number of allylic oxidation sites excluding steroid dienone is 4. The molecule has 0 aliphatic heterocycles. The van der Waals surface area contributed by atoms with Gasteiger partial charge in [0.1, 0.15) is 0 Å². The molecule has 0 aromatic heterocycles. The van der Waals surface area contributed by atoms with Crippen molar-refractivity contribution in [2.75, 3.05) is 11.5 Å². The van der Waals surface area contributed by atoms with E-state index < -0.39 is 0 Å². The third-order valence-electron chi connectivity index (χ3n) is 5.36. The maximum Gasteiger partial charge on any atom is 0.0314 e. The molecule has 2 nitrogen and oxygen atoms in total. The summed E-state index contributed by atoms with van der Waals surface area (Å²) in [6, 6.07) is 25.3. The van der Waals surface area contributed by atoms with Gasteiger partial charge in [-0.15, -0.1) is 0 Å². The molecule has 1 atom stereocenters. The highest BCUT2D eigenvalue weighted by Gasteiger charge is 2.11. The van der Waals surface area contributed by atoms with Crippen LogP contribution in [-0.4, -0.2) is 0 Å². The van der Waals surface area contributed by atoms with E-state index in [1.165, 1.54) is 27.8 Å². The van der Waals surface area contributed by atoms with Gasteiger partial charge in [-0.1, -0.05) is 66.8 Å². The molecule has 0 fully saturated rings. The van der Waals surface area contributed by atoms with Gasteiger partial charge in [0.15, 0.2) is 0 Å². The summed E-state index contributed by atoms with van der Waals surface area (Å²) < 4.78 is 0. The SMILES string of the molecule is Nc1ccc(CC2=CCC(c3ccc(Cc4ccc(N)cc4)cc3)C=C2)cc1. The van der Waals surface area contributed by atoms with Crippen molar-refractivity contribution in [2.24, 2.45) is 0 Å². The monoisotopic (exact) mass is 366 g/mol. The van der Waals surface area contributed by atoms with Gasteiger partial charge in [-0.3, -0.25) is 0 Å². The number of hydrogen-bond donors (Lipinski definition) is 2. The van der Waals surface area contributed by atoms with Crippen molar-refractivity contribution in [1.82, 2.24) is 0 Å². The lowest BCUT2D eigenvalue weighted by atomic mass is 9.88. The van der Waals surface area contributed by atoms with Crippen LogP contribution in [0.1, 0.15) is 34.6 Å². The van der Waals surface area contributed by atoms with Gasteiger partial charge in [0, 0.05) is 17.3 Å². The number of nitrogens with two attached hydrogens (primary N) is 2. The Morgan fingerprint density at radius 3 is 1.64 bits per heavy atom. The van der Waals surface area contributed by atoms with Crippen LogP contribution in [0.3, 0.4) is 0 Å². The fraction of sp³-hybridized carbons (Fsp3) is 0.154. The van der Waals surface area contributed by atoms with Crippen molar-refractivity contribution in [2.45, 2.75) is 25.2 Å². The molecule has 3 aromatic rings. The van der Waals surface area contributed by atoms with Crippen molar-refractivity contribution in [3.63, 3.8) is 0 Å². The lowest BCUT2D eigenvalue weighted by Crippen LogP contribution is -2.01. The molecule has 28 heavy (non-hydrogen) atoms. The van der Waals surface area contributed by atoms with E-state index in [2.05, 4.69) is 66.8 Å². The van der Waals surface area contributed by atoms with Crippen LogP contribution in [0.4, 0.5) is 11.4 Å². The molecule has 0 spiro atoms. The molecule has 0 saturated heterocycles. The third kappa shape index (κ3) is 4.52. The molecule has 3 aromatic carbocycles. The van der Waals surface area contributed by atoms with Gasteiger partial charge in [-0.25, -0.2) is 0 Å². The molecule has 0 radical (unpaired) electrons. The fourth-order valence-corrected chi connectivity index (χ4v) is 3.67. The predicted molar refractivity (Wildman–Crippen MR) is 119 cm³/mol. The Kier molecular flexibility index (Phi) is 5.29. The first kappa shape index (κ1) is 18.1. The molecule has 1 aliphatic carbocycles. The minimum atomic E-state index is 0.459. The lowest BCUT2D eigenvalue weighted by Gasteiger charge is -2.17. The maximum atomic E-state index is 5.77. The number of rotatable bonds is 5. The summed E-state index contributed by atoms with van der Waals surface area (Å²) in [5, 5.41) is 0. The first-order valence-electron chi connectivity index (χ1n) is 9.80. The van der Waals surface area contributed by atoms with E-state index in [0.29, 0.717) is 5.92 Å².